The van der Waals surface area contributed by atoms with Gasteiger partial charge < -0.3 is 4.74 Å². The zero-order valence-electron chi connectivity index (χ0n) is 8.14. The third-order valence-electron chi connectivity index (χ3n) is 2.05. The van der Waals surface area contributed by atoms with E-state index in [0.717, 1.165) is 0 Å². The van der Waals surface area contributed by atoms with Crippen LogP contribution in [0.15, 0.2) is 36.9 Å². The zero-order valence-corrected chi connectivity index (χ0v) is 8.14. The molecule has 0 aliphatic heterocycles. The molecule has 0 saturated carbocycles. The highest BCUT2D eigenvalue weighted by Crippen LogP contribution is 2.27. The van der Waals surface area contributed by atoms with E-state index in [1.54, 1.807) is 30.6 Å². The first-order valence-electron chi connectivity index (χ1n) is 4.41. The molecule has 0 bridgehead atoms. The van der Waals surface area contributed by atoms with Crippen LogP contribution < -0.4 is 4.74 Å². The number of rotatable bonds is 2. The molecule has 0 spiro atoms. The average Bonchev–Trinajstić information content (AvgIpc) is 2.30. The summed E-state index contributed by atoms with van der Waals surface area (Å²) in [6, 6.07) is 4.96. The Labute approximate surface area is 86.6 Å². The van der Waals surface area contributed by atoms with E-state index in [4.69, 9.17) is 4.74 Å². The van der Waals surface area contributed by atoms with Gasteiger partial charge in [0.1, 0.15) is 6.33 Å². The van der Waals surface area contributed by atoms with Gasteiger partial charge in [-0.1, -0.05) is 12.1 Å². The van der Waals surface area contributed by atoms with E-state index in [2.05, 4.69) is 9.97 Å². The molecule has 3 nitrogen and oxygen atoms in total. The molecular formula is C11H9FN2O. The first kappa shape index (κ1) is 9.58. The van der Waals surface area contributed by atoms with Crippen molar-refractivity contribution in [1.82, 2.24) is 9.97 Å². The lowest BCUT2D eigenvalue weighted by molar-refractivity contribution is 0.387. The van der Waals surface area contributed by atoms with Crippen molar-refractivity contribution in [2.24, 2.45) is 0 Å². The summed E-state index contributed by atoms with van der Waals surface area (Å²) >= 11 is 0. The highest BCUT2D eigenvalue weighted by atomic mass is 19.1. The van der Waals surface area contributed by atoms with Crippen LogP contribution in [0.2, 0.25) is 0 Å². The molecule has 0 amide bonds. The Morgan fingerprint density at radius 1 is 1.20 bits per heavy atom. The van der Waals surface area contributed by atoms with Gasteiger partial charge in [0.15, 0.2) is 11.6 Å². The fraction of sp³-hybridized carbons (Fsp3) is 0.0909. The van der Waals surface area contributed by atoms with Crippen molar-refractivity contribution in [3.8, 4) is 16.9 Å². The molecule has 0 saturated heterocycles. The predicted molar refractivity (Wildman–Crippen MR) is 54.0 cm³/mol. The molecule has 0 radical (unpaired) electrons. The topological polar surface area (TPSA) is 35.0 Å². The predicted octanol–water partition coefficient (Wildman–Crippen LogP) is 2.29. The second-order valence-corrected chi connectivity index (χ2v) is 2.95. The highest BCUT2D eigenvalue weighted by Gasteiger charge is 2.09. The molecule has 0 N–H and O–H groups in total. The maximum atomic E-state index is 13.8. The van der Waals surface area contributed by atoms with E-state index >= 15 is 0 Å². The monoisotopic (exact) mass is 204 g/mol. The Hall–Kier alpha value is -1.97. The summed E-state index contributed by atoms with van der Waals surface area (Å²) in [5, 5.41) is 0. The lowest BCUT2D eigenvalue weighted by Gasteiger charge is -2.06. The Bertz CT molecular complexity index is 459. The maximum absolute atomic E-state index is 13.8. The largest absolute Gasteiger partial charge is 0.494 e. The minimum Gasteiger partial charge on any atom is -0.494 e. The number of nitrogens with zero attached hydrogens (tertiary/aromatic N) is 2. The van der Waals surface area contributed by atoms with Crippen molar-refractivity contribution in [3.63, 3.8) is 0 Å². The first-order valence-corrected chi connectivity index (χ1v) is 4.41. The van der Waals surface area contributed by atoms with Crippen LogP contribution in [0.4, 0.5) is 4.39 Å². The Kier molecular flexibility index (Phi) is 2.58. The van der Waals surface area contributed by atoms with Gasteiger partial charge in [0.05, 0.1) is 7.11 Å². The van der Waals surface area contributed by atoms with Gasteiger partial charge >= 0.3 is 0 Å². The van der Waals surface area contributed by atoms with Crippen molar-refractivity contribution < 1.29 is 9.13 Å². The van der Waals surface area contributed by atoms with E-state index < -0.39 is 5.82 Å². The summed E-state index contributed by atoms with van der Waals surface area (Å²) in [5.41, 5.74) is 1.07. The number of hydrogen-bond acceptors (Lipinski definition) is 3. The highest BCUT2D eigenvalue weighted by molar-refractivity contribution is 5.64. The standard InChI is InChI=1S/C11H9FN2O/c1-15-10-4-2-3-9(11(10)12)8-5-13-7-14-6-8/h2-7H,1H3. The van der Waals surface area contributed by atoms with Gasteiger partial charge in [0.2, 0.25) is 0 Å². The summed E-state index contributed by atoms with van der Waals surface area (Å²) < 4.78 is 18.7. The average molecular weight is 204 g/mol. The summed E-state index contributed by atoms with van der Waals surface area (Å²) in [4.78, 5) is 7.68. The van der Waals surface area contributed by atoms with Crippen molar-refractivity contribution in [2.45, 2.75) is 0 Å². The van der Waals surface area contributed by atoms with Crippen LogP contribution in [0.25, 0.3) is 11.1 Å². The number of benzene rings is 1. The van der Waals surface area contributed by atoms with Crippen LogP contribution in [-0.2, 0) is 0 Å². The summed E-state index contributed by atoms with van der Waals surface area (Å²) in [6.45, 7) is 0. The third-order valence-corrected chi connectivity index (χ3v) is 2.05. The molecule has 2 rings (SSSR count). The number of ether oxygens (including phenoxy) is 1. The summed E-state index contributed by atoms with van der Waals surface area (Å²) in [6.07, 6.45) is 4.53. The molecule has 1 aromatic carbocycles. The van der Waals surface area contributed by atoms with Crippen LogP contribution in [0.1, 0.15) is 0 Å². The fourth-order valence-electron chi connectivity index (χ4n) is 1.33. The van der Waals surface area contributed by atoms with Crippen LogP contribution in [0, 0.1) is 5.82 Å². The molecule has 0 unspecified atom stereocenters. The number of aromatic nitrogens is 2. The lowest BCUT2D eigenvalue weighted by atomic mass is 10.1. The fourth-order valence-corrected chi connectivity index (χ4v) is 1.33. The van der Waals surface area contributed by atoms with Gasteiger partial charge in [0.25, 0.3) is 0 Å². The molecule has 1 heterocycles. The molecule has 1 aromatic heterocycles. The Balaban J connectivity index is 2.54. The van der Waals surface area contributed by atoms with Gasteiger partial charge in [0, 0.05) is 23.5 Å². The second-order valence-electron chi connectivity index (χ2n) is 2.95. The van der Waals surface area contributed by atoms with E-state index in [9.17, 15) is 4.39 Å². The molecule has 0 aliphatic rings. The Morgan fingerprint density at radius 3 is 2.60 bits per heavy atom. The van der Waals surface area contributed by atoms with Crippen molar-refractivity contribution in [2.75, 3.05) is 7.11 Å². The zero-order chi connectivity index (χ0) is 10.7. The summed E-state index contributed by atoms with van der Waals surface area (Å²) in [5.74, 6) is -0.175. The normalized spacial score (nSPS) is 10.0. The minimum absolute atomic E-state index is 0.219. The van der Waals surface area contributed by atoms with E-state index in [-0.39, 0.29) is 5.75 Å². The molecule has 0 aliphatic carbocycles. The number of halogens is 1. The maximum Gasteiger partial charge on any atom is 0.172 e. The van der Waals surface area contributed by atoms with Gasteiger partial charge in [-0.15, -0.1) is 0 Å². The summed E-state index contributed by atoms with van der Waals surface area (Å²) in [7, 11) is 1.43. The molecule has 76 valence electrons. The van der Waals surface area contributed by atoms with Gasteiger partial charge in [-0.05, 0) is 6.07 Å². The van der Waals surface area contributed by atoms with Crippen LogP contribution in [0.5, 0.6) is 5.75 Å². The van der Waals surface area contributed by atoms with Crippen molar-refractivity contribution >= 4 is 0 Å². The lowest BCUT2D eigenvalue weighted by Crippen LogP contribution is -1.91. The van der Waals surface area contributed by atoms with Gasteiger partial charge in [-0.2, -0.15) is 0 Å². The van der Waals surface area contributed by atoms with Crippen LogP contribution in [0.3, 0.4) is 0 Å². The Morgan fingerprint density at radius 2 is 1.93 bits per heavy atom. The quantitative estimate of drug-likeness (QED) is 0.752. The molecule has 4 heteroatoms. The second kappa shape index (κ2) is 4.04. The van der Waals surface area contributed by atoms with Gasteiger partial charge in [-0.3, -0.25) is 0 Å². The van der Waals surface area contributed by atoms with E-state index in [1.807, 2.05) is 0 Å². The number of methoxy groups -OCH3 is 1. The first-order chi connectivity index (χ1) is 7.33. The molecule has 15 heavy (non-hydrogen) atoms. The van der Waals surface area contributed by atoms with Gasteiger partial charge in [-0.25, -0.2) is 14.4 Å². The van der Waals surface area contributed by atoms with Crippen molar-refractivity contribution in [1.29, 1.82) is 0 Å². The smallest absolute Gasteiger partial charge is 0.172 e. The van der Waals surface area contributed by atoms with Crippen LogP contribution >= 0.6 is 0 Å². The third kappa shape index (κ3) is 1.79. The SMILES string of the molecule is COc1cccc(-c2cncnc2)c1F. The molecule has 0 atom stereocenters. The number of hydrogen-bond donors (Lipinski definition) is 0. The van der Waals surface area contributed by atoms with E-state index in [1.165, 1.54) is 13.4 Å². The minimum atomic E-state index is -0.394. The van der Waals surface area contributed by atoms with Crippen LogP contribution in [-0.4, -0.2) is 17.1 Å². The molecular weight excluding hydrogens is 195 g/mol. The van der Waals surface area contributed by atoms with Crippen molar-refractivity contribution in [3.05, 3.63) is 42.7 Å². The van der Waals surface area contributed by atoms with E-state index in [0.29, 0.717) is 11.1 Å². The molecule has 2 aromatic rings. The molecule has 0 fully saturated rings.